The van der Waals surface area contributed by atoms with Gasteiger partial charge in [-0.1, -0.05) is 33.9 Å². The first kappa shape index (κ1) is 14.2. The summed E-state index contributed by atoms with van der Waals surface area (Å²) in [4.78, 5) is 6.31. The number of rotatable bonds is 2. The van der Waals surface area contributed by atoms with E-state index in [9.17, 15) is 0 Å². The highest BCUT2D eigenvalue weighted by Gasteiger charge is 2.39. The van der Waals surface area contributed by atoms with E-state index in [1.54, 1.807) is 0 Å². The summed E-state index contributed by atoms with van der Waals surface area (Å²) in [6.07, 6.45) is 4.72. The molecule has 4 heteroatoms. The molecular weight excluding hydrogens is 256 g/mol. The number of nitrogens with one attached hydrogen (secondary N) is 1. The van der Waals surface area contributed by atoms with Crippen LogP contribution < -0.4 is 9.95 Å². The molecule has 1 fully saturated rings. The minimum absolute atomic E-state index is 0.385. The number of piperidine rings is 1. The van der Waals surface area contributed by atoms with Crippen LogP contribution in [0.3, 0.4) is 0 Å². The molecule has 2 heterocycles. The van der Waals surface area contributed by atoms with E-state index in [1.165, 1.54) is 22.3 Å². The monoisotopic (exact) mass is 282 g/mol. The summed E-state index contributed by atoms with van der Waals surface area (Å²) < 4.78 is 1.43. The second kappa shape index (κ2) is 5.06. The van der Waals surface area contributed by atoms with Crippen LogP contribution in [0.25, 0.3) is 0 Å². The minimum Gasteiger partial charge on any atom is -0.317 e. The topological polar surface area (TPSA) is 24.9 Å². The number of aromatic nitrogens is 1. The smallest absolute Gasteiger partial charge is 0.123 e. The highest BCUT2D eigenvalue weighted by molar-refractivity contribution is 7.26. The molecule has 0 unspecified atom stereocenters. The Bertz CT molecular complexity index is 400. The fraction of sp³-hybridized carbons (Fsp3) is 0.786. The van der Waals surface area contributed by atoms with Crippen LogP contribution in [0.4, 0.5) is 0 Å². The Balaban J connectivity index is 2.19. The molecular formula is C14H26N2SSi. The SMILES string of the molecule is CC(C)(C)[Si](C)(C)c1ncc(C2CCNCC2)s1. The average Bonchev–Trinajstić information content (AvgIpc) is 2.78. The summed E-state index contributed by atoms with van der Waals surface area (Å²) in [5.74, 6) is 0.752. The Hall–Kier alpha value is -0.193. The van der Waals surface area contributed by atoms with Crippen LogP contribution in [0.15, 0.2) is 6.20 Å². The van der Waals surface area contributed by atoms with E-state index in [2.05, 4.69) is 45.4 Å². The molecule has 0 saturated carbocycles. The van der Waals surface area contributed by atoms with Crippen molar-refractivity contribution in [3.63, 3.8) is 0 Å². The van der Waals surface area contributed by atoms with Gasteiger partial charge in [-0.25, -0.2) is 0 Å². The molecule has 1 aromatic rings. The summed E-state index contributed by atoms with van der Waals surface area (Å²) in [7, 11) is -1.43. The lowest BCUT2D eigenvalue weighted by Gasteiger charge is -2.34. The van der Waals surface area contributed by atoms with E-state index < -0.39 is 8.07 Å². The zero-order valence-corrected chi connectivity index (χ0v) is 14.2. The van der Waals surface area contributed by atoms with E-state index in [4.69, 9.17) is 4.98 Å². The maximum absolute atomic E-state index is 4.79. The molecule has 0 aromatic carbocycles. The Morgan fingerprint density at radius 2 is 1.89 bits per heavy atom. The van der Waals surface area contributed by atoms with Crippen molar-refractivity contribution in [2.75, 3.05) is 13.1 Å². The predicted molar refractivity (Wildman–Crippen MR) is 83.8 cm³/mol. The van der Waals surface area contributed by atoms with Gasteiger partial charge in [0.2, 0.25) is 0 Å². The molecule has 1 aliphatic rings. The van der Waals surface area contributed by atoms with Crippen LogP contribution in [-0.2, 0) is 0 Å². The summed E-state index contributed by atoms with van der Waals surface area (Å²) in [6.45, 7) is 14.3. The highest BCUT2D eigenvalue weighted by atomic mass is 32.1. The Labute approximate surface area is 116 Å². The van der Waals surface area contributed by atoms with Crippen LogP contribution >= 0.6 is 11.3 Å². The first-order valence-electron chi connectivity index (χ1n) is 6.99. The summed E-state index contributed by atoms with van der Waals surface area (Å²) in [6, 6.07) is 0. The van der Waals surface area contributed by atoms with Gasteiger partial charge < -0.3 is 5.32 Å². The molecule has 0 spiro atoms. The highest BCUT2D eigenvalue weighted by Crippen LogP contribution is 2.37. The summed E-state index contributed by atoms with van der Waals surface area (Å²) >= 11 is 2.00. The Morgan fingerprint density at radius 1 is 1.28 bits per heavy atom. The standard InChI is InChI=1S/C14H26N2SSi/c1-14(2,3)18(4,5)13-16-10-12(17-13)11-6-8-15-9-7-11/h10-11,15H,6-9H2,1-5H3. The van der Waals surface area contributed by atoms with E-state index in [0.29, 0.717) is 5.04 Å². The molecule has 2 nitrogen and oxygen atoms in total. The van der Waals surface area contributed by atoms with Gasteiger partial charge in [0.1, 0.15) is 8.07 Å². The molecule has 18 heavy (non-hydrogen) atoms. The number of hydrogen-bond acceptors (Lipinski definition) is 3. The van der Waals surface area contributed by atoms with Crippen LogP contribution in [0.1, 0.15) is 44.4 Å². The average molecular weight is 283 g/mol. The van der Waals surface area contributed by atoms with Crippen LogP contribution in [-0.4, -0.2) is 26.1 Å². The van der Waals surface area contributed by atoms with Gasteiger partial charge in [-0.2, -0.15) is 0 Å². The summed E-state index contributed by atoms with van der Waals surface area (Å²) in [5.41, 5.74) is 0. The third kappa shape index (κ3) is 2.70. The van der Waals surface area contributed by atoms with Gasteiger partial charge in [-0.05, 0) is 36.9 Å². The van der Waals surface area contributed by atoms with Gasteiger partial charge in [0.05, 0.1) is 4.63 Å². The second-order valence-corrected chi connectivity index (χ2v) is 13.6. The fourth-order valence-corrected chi connectivity index (χ4v) is 6.35. The van der Waals surface area contributed by atoms with E-state index in [-0.39, 0.29) is 0 Å². The van der Waals surface area contributed by atoms with E-state index in [1.807, 2.05) is 11.3 Å². The number of nitrogens with zero attached hydrogens (tertiary/aromatic N) is 1. The fourth-order valence-electron chi connectivity index (χ4n) is 2.19. The van der Waals surface area contributed by atoms with Crippen molar-refractivity contribution in [3.8, 4) is 0 Å². The molecule has 0 atom stereocenters. The van der Waals surface area contributed by atoms with Crippen molar-refractivity contribution in [2.45, 2.75) is 57.7 Å². The Kier molecular flexibility index (Phi) is 4.00. The zero-order chi connectivity index (χ0) is 13.4. The van der Waals surface area contributed by atoms with Crippen molar-refractivity contribution in [2.24, 2.45) is 0 Å². The van der Waals surface area contributed by atoms with Crippen molar-refractivity contribution >= 4 is 24.0 Å². The van der Waals surface area contributed by atoms with Gasteiger partial charge in [0.25, 0.3) is 0 Å². The van der Waals surface area contributed by atoms with Crippen molar-refractivity contribution < 1.29 is 0 Å². The van der Waals surface area contributed by atoms with Gasteiger partial charge in [0.15, 0.2) is 0 Å². The van der Waals surface area contributed by atoms with Crippen molar-refractivity contribution in [1.29, 1.82) is 0 Å². The molecule has 1 N–H and O–H groups in total. The molecule has 0 radical (unpaired) electrons. The molecule has 1 aromatic heterocycles. The van der Waals surface area contributed by atoms with E-state index in [0.717, 1.165) is 19.0 Å². The molecule has 2 rings (SSSR count). The molecule has 1 aliphatic heterocycles. The first-order valence-corrected chi connectivity index (χ1v) is 10.8. The van der Waals surface area contributed by atoms with Crippen LogP contribution in [0, 0.1) is 0 Å². The lowest BCUT2D eigenvalue weighted by atomic mass is 9.97. The Morgan fingerprint density at radius 3 is 2.44 bits per heavy atom. The molecule has 0 amide bonds. The van der Waals surface area contributed by atoms with Crippen LogP contribution in [0.5, 0.6) is 0 Å². The van der Waals surface area contributed by atoms with Crippen LogP contribution in [0.2, 0.25) is 18.1 Å². The quantitative estimate of drug-likeness (QED) is 0.842. The maximum Gasteiger partial charge on any atom is 0.123 e. The van der Waals surface area contributed by atoms with E-state index >= 15 is 0 Å². The lowest BCUT2D eigenvalue weighted by Crippen LogP contribution is -2.49. The van der Waals surface area contributed by atoms with Gasteiger partial charge >= 0.3 is 0 Å². The lowest BCUT2D eigenvalue weighted by molar-refractivity contribution is 0.465. The maximum atomic E-state index is 4.79. The van der Waals surface area contributed by atoms with Gasteiger partial charge in [-0.3, -0.25) is 4.98 Å². The first-order chi connectivity index (χ1) is 8.32. The largest absolute Gasteiger partial charge is 0.317 e. The molecule has 0 aliphatic carbocycles. The third-order valence-electron chi connectivity index (χ3n) is 4.67. The number of hydrogen-bond donors (Lipinski definition) is 1. The molecule has 0 bridgehead atoms. The number of thiazole rings is 1. The normalized spacial score (nSPS) is 19.2. The minimum atomic E-state index is -1.43. The van der Waals surface area contributed by atoms with Crippen molar-refractivity contribution in [3.05, 3.63) is 11.1 Å². The second-order valence-electron chi connectivity index (χ2n) is 6.97. The zero-order valence-electron chi connectivity index (χ0n) is 12.3. The third-order valence-corrected chi connectivity index (χ3v) is 12.4. The van der Waals surface area contributed by atoms with Crippen molar-refractivity contribution in [1.82, 2.24) is 10.3 Å². The molecule has 102 valence electrons. The van der Waals surface area contributed by atoms with Gasteiger partial charge in [-0.15, -0.1) is 11.3 Å². The van der Waals surface area contributed by atoms with Gasteiger partial charge in [0, 0.05) is 11.1 Å². The summed E-state index contributed by atoms with van der Waals surface area (Å²) in [5, 5.41) is 3.82. The molecule has 1 saturated heterocycles. The predicted octanol–water partition coefficient (Wildman–Crippen LogP) is 3.33.